The Morgan fingerprint density at radius 3 is 2.71 bits per heavy atom. The first-order valence-electron chi connectivity index (χ1n) is 7.48. The molecule has 0 spiro atoms. The number of sulfonamides is 1. The third-order valence-corrected chi connectivity index (χ3v) is 6.72. The smallest absolute Gasteiger partial charge is 0.246 e. The molecule has 1 N–H and O–H groups in total. The molecular weight excluding hydrogens is 310 g/mol. The number of aromatic amines is 1. The number of aryl methyl sites for hydroxylation is 1. The van der Waals surface area contributed by atoms with E-state index in [1.165, 1.54) is 0 Å². The molecule has 0 aliphatic carbocycles. The first-order chi connectivity index (χ1) is 9.87. The fourth-order valence-electron chi connectivity index (χ4n) is 3.03. The van der Waals surface area contributed by atoms with Crippen LogP contribution in [0.1, 0.15) is 44.5 Å². The van der Waals surface area contributed by atoms with Crippen LogP contribution in [0, 0.1) is 18.8 Å². The first kappa shape index (κ1) is 16.8. The summed E-state index contributed by atoms with van der Waals surface area (Å²) in [5, 5.41) is 6.73. The van der Waals surface area contributed by atoms with E-state index in [0.29, 0.717) is 36.3 Å². The molecule has 0 radical (unpaired) electrons. The second-order valence-electron chi connectivity index (χ2n) is 6.10. The van der Waals surface area contributed by atoms with Gasteiger partial charge in [-0.05, 0) is 38.0 Å². The molecule has 21 heavy (non-hydrogen) atoms. The van der Waals surface area contributed by atoms with Crippen molar-refractivity contribution in [3.8, 4) is 0 Å². The fourth-order valence-corrected chi connectivity index (χ4v) is 5.13. The molecule has 0 aromatic carbocycles. The number of nitrogens with zero attached hydrogens (tertiary/aromatic N) is 2. The number of aromatic nitrogens is 2. The molecule has 0 saturated carbocycles. The Morgan fingerprint density at radius 1 is 1.38 bits per heavy atom. The van der Waals surface area contributed by atoms with Crippen molar-refractivity contribution in [2.24, 2.45) is 11.8 Å². The van der Waals surface area contributed by atoms with E-state index >= 15 is 0 Å². The van der Waals surface area contributed by atoms with Crippen molar-refractivity contribution in [2.45, 2.75) is 50.8 Å². The molecule has 1 fully saturated rings. The van der Waals surface area contributed by atoms with Crippen LogP contribution < -0.4 is 0 Å². The highest BCUT2D eigenvalue weighted by atomic mass is 35.5. The molecule has 0 amide bonds. The van der Waals surface area contributed by atoms with Gasteiger partial charge in [0.1, 0.15) is 4.90 Å². The summed E-state index contributed by atoms with van der Waals surface area (Å²) >= 11 is 5.82. The van der Waals surface area contributed by atoms with E-state index in [0.717, 1.165) is 19.3 Å². The van der Waals surface area contributed by atoms with Gasteiger partial charge in [0.15, 0.2) is 0 Å². The molecule has 120 valence electrons. The van der Waals surface area contributed by atoms with Crippen LogP contribution >= 0.6 is 11.6 Å². The van der Waals surface area contributed by atoms with Crippen molar-refractivity contribution in [2.75, 3.05) is 13.1 Å². The Balaban J connectivity index is 2.25. The topological polar surface area (TPSA) is 66.1 Å². The molecule has 7 heteroatoms. The number of hydrogen-bond donors (Lipinski definition) is 1. The lowest BCUT2D eigenvalue weighted by Crippen LogP contribution is -2.33. The summed E-state index contributed by atoms with van der Waals surface area (Å²) in [6, 6.07) is 0. The fraction of sp³-hybridized carbons (Fsp3) is 0.786. The highest BCUT2D eigenvalue weighted by molar-refractivity contribution is 7.89. The van der Waals surface area contributed by atoms with Crippen LogP contribution in [0.5, 0.6) is 0 Å². The van der Waals surface area contributed by atoms with Crippen LogP contribution in [-0.4, -0.2) is 36.0 Å². The monoisotopic (exact) mass is 333 g/mol. The Hall–Kier alpha value is -0.590. The highest BCUT2D eigenvalue weighted by Gasteiger charge is 2.32. The summed E-state index contributed by atoms with van der Waals surface area (Å²) in [5.41, 5.74) is 0.981. The van der Waals surface area contributed by atoms with Gasteiger partial charge in [-0.2, -0.15) is 9.40 Å². The van der Waals surface area contributed by atoms with E-state index < -0.39 is 10.0 Å². The van der Waals surface area contributed by atoms with Crippen molar-refractivity contribution >= 4 is 21.6 Å². The number of hydrogen-bond acceptors (Lipinski definition) is 3. The molecule has 2 rings (SSSR count). The molecule has 1 saturated heterocycles. The quantitative estimate of drug-likeness (QED) is 0.861. The van der Waals surface area contributed by atoms with Gasteiger partial charge in [-0.25, -0.2) is 8.42 Å². The molecule has 1 aliphatic heterocycles. The molecule has 1 unspecified atom stereocenters. The van der Waals surface area contributed by atoms with Gasteiger partial charge in [-0.3, -0.25) is 5.10 Å². The van der Waals surface area contributed by atoms with Gasteiger partial charge in [0.05, 0.1) is 17.3 Å². The Labute approximate surface area is 132 Å². The van der Waals surface area contributed by atoms with E-state index in [1.54, 1.807) is 11.2 Å². The van der Waals surface area contributed by atoms with E-state index in [9.17, 15) is 8.42 Å². The molecule has 2 heterocycles. The van der Waals surface area contributed by atoms with E-state index in [1.807, 2.05) is 0 Å². The Kier molecular flexibility index (Phi) is 5.33. The summed E-state index contributed by atoms with van der Waals surface area (Å²) < 4.78 is 27.4. The average molecular weight is 334 g/mol. The number of rotatable bonds is 4. The molecular formula is C14H24ClN3O2S. The lowest BCUT2D eigenvalue weighted by atomic mass is 9.89. The van der Waals surface area contributed by atoms with Crippen LogP contribution in [0.4, 0.5) is 0 Å². The first-order valence-corrected chi connectivity index (χ1v) is 9.45. The maximum Gasteiger partial charge on any atom is 0.246 e. The maximum atomic E-state index is 12.9. The molecule has 1 atom stereocenters. The summed E-state index contributed by atoms with van der Waals surface area (Å²) in [4.78, 5) is 0.264. The third kappa shape index (κ3) is 3.43. The maximum absolute atomic E-state index is 12.9. The summed E-state index contributed by atoms with van der Waals surface area (Å²) in [6.07, 6.45) is 2.93. The van der Waals surface area contributed by atoms with Gasteiger partial charge in [0.25, 0.3) is 0 Å². The zero-order valence-electron chi connectivity index (χ0n) is 12.9. The van der Waals surface area contributed by atoms with E-state index in [-0.39, 0.29) is 10.8 Å². The lowest BCUT2D eigenvalue weighted by molar-refractivity contribution is 0.340. The second-order valence-corrected chi connectivity index (χ2v) is 8.24. The number of halogens is 1. The van der Waals surface area contributed by atoms with Gasteiger partial charge in [-0.15, -0.1) is 11.6 Å². The molecule has 1 aromatic heterocycles. The molecule has 5 nitrogen and oxygen atoms in total. The minimum atomic E-state index is -3.51. The van der Waals surface area contributed by atoms with Gasteiger partial charge in [-0.1, -0.05) is 13.8 Å². The van der Waals surface area contributed by atoms with Crippen LogP contribution in [-0.2, 0) is 15.9 Å². The predicted octanol–water partition coefficient (Wildman–Crippen LogP) is 2.90. The van der Waals surface area contributed by atoms with E-state index in [4.69, 9.17) is 11.6 Å². The molecule has 1 aromatic rings. The summed E-state index contributed by atoms with van der Waals surface area (Å²) in [6.45, 7) is 7.31. The number of nitrogens with one attached hydrogen (secondary N) is 1. The zero-order valence-corrected chi connectivity index (χ0v) is 14.5. The van der Waals surface area contributed by atoms with Crippen molar-refractivity contribution in [1.82, 2.24) is 14.5 Å². The molecule has 0 bridgehead atoms. The Bertz CT molecular complexity index is 583. The second kappa shape index (κ2) is 6.67. The predicted molar refractivity (Wildman–Crippen MR) is 83.8 cm³/mol. The van der Waals surface area contributed by atoms with Crippen LogP contribution in [0.3, 0.4) is 0 Å². The SMILES string of the molecule is Cc1[nH]nc(CCl)c1S(=O)(=O)N1CCCC(C(C)C)CC1. The normalized spacial score (nSPS) is 21.7. The van der Waals surface area contributed by atoms with Crippen molar-refractivity contribution < 1.29 is 8.42 Å². The van der Waals surface area contributed by atoms with Crippen LogP contribution in [0.15, 0.2) is 4.90 Å². The summed E-state index contributed by atoms with van der Waals surface area (Å²) in [5.74, 6) is 1.30. The Morgan fingerprint density at radius 2 is 2.10 bits per heavy atom. The number of alkyl halides is 1. The summed E-state index contributed by atoms with van der Waals surface area (Å²) in [7, 11) is -3.51. The van der Waals surface area contributed by atoms with Gasteiger partial charge >= 0.3 is 0 Å². The number of H-pyrrole nitrogens is 1. The average Bonchev–Trinajstić information content (AvgIpc) is 2.65. The van der Waals surface area contributed by atoms with Crippen LogP contribution in [0.2, 0.25) is 0 Å². The van der Waals surface area contributed by atoms with Gasteiger partial charge in [0.2, 0.25) is 10.0 Å². The largest absolute Gasteiger partial charge is 0.281 e. The third-order valence-electron chi connectivity index (χ3n) is 4.36. The van der Waals surface area contributed by atoms with Crippen molar-refractivity contribution in [1.29, 1.82) is 0 Å². The minimum Gasteiger partial charge on any atom is -0.281 e. The minimum absolute atomic E-state index is 0.0986. The van der Waals surface area contributed by atoms with Crippen molar-refractivity contribution in [3.05, 3.63) is 11.4 Å². The highest BCUT2D eigenvalue weighted by Crippen LogP contribution is 2.29. The van der Waals surface area contributed by atoms with Gasteiger partial charge in [0, 0.05) is 13.1 Å². The van der Waals surface area contributed by atoms with Gasteiger partial charge < -0.3 is 0 Å². The van der Waals surface area contributed by atoms with Crippen LogP contribution in [0.25, 0.3) is 0 Å². The molecule has 1 aliphatic rings. The standard InChI is InChI=1S/C14H24ClN3O2S/c1-10(2)12-5-4-7-18(8-6-12)21(19,20)14-11(3)16-17-13(14)9-15/h10,12H,4-9H2,1-3H3,(H,16,17). The zero-order chi connectivity index (χ0) is 15.6. The van der Waals surface area contributed by atoms with Crippen molar-refractivity contribution in [3.63, 3.8) is 0 Å². The van der Waals surface area contributed by atoms with E-state index in [2.05, 4.69) is 24.0 Å². The lowest BCUT2D eigenvalue weighted by Gasteiger charge is -2.21.